The van der Waals surface area contributed by atoms with Gasteiger partial charge in [-0.1, -0.05) is 6.07 Å². The highest BCUT2D eigenvalue weighted by molar-refractivity contribution is 5.34. The van der Waals surface area contributed by atoms with E-state index in [-0.39, 0.29) is 29.1 Å². The molecule has 1 unspecified atom stereocenters. The van der Waals surface area contributed by atoms with Crippen LogP contribution in [-0.4, -0.2) is 30.5 Å². The maximum Gasteiger partial charge on any atom is 0.274 e. The minimum Gasteiger partial charge on any atom is -0.368 e. The summed E-state index contributed by atoms with van der Waals surface area (Å²) in [6, 6.07) is 6.67. The second kappa shape index (κ2) is 5.41. The van der Waals surface area contributed by atoms with E-state index in [0.717, 1.165) is 12.0 Å². The van der Waals surface area contributed by atoms with Gasteiger partial charge in [-0.15, -0.1) is 0 Å². The molecule has 3 N–H and O–H groups in total. The van der Waals surface area contributed by atoms with Gasteiger partial charge in [-0.25, -0.2) is 9.37 Å². The molecule has 8 heteroatoms. The first-order valence-electron chi connectivity index (χ1n) is 7.75. The molecule has 0 aliphatic carbocycles. The molecular weight excluding hydrogens is 311 g/mol. The number of aromatic nitrogens is 4. The van der Waals surface area contributed by atoms with Crippen LogP contribution in [0.5, 0.6) is 0 Å². The van der Waals surface area contributed by atoms with Gasteiger partial charge >= 0.3 is 0 Å². The zero-order valence-corrected chi connectivity index (χ0v) is 13.2. The van der Waals surface area contributed by atoms with E-state index in [9.17, 15) is 9.18 Å². The SMILES string of the molecule is CC1Cc2ccc(F)cc2CN1Cc1cc(=O)n2[nH]c(N)nc2n1. The lowest BCUT2D eigenvalue weighted by Crippen LogP contribution is -2.38. The average molecular weight is 328 g/mol. The van der Waals surface area contributed by atoms with Crippen molar-refractivity contribution in [3.05, 3.63) is 57.3 Å². The van der Waals surface area contributed by atoms with Crippen molar-refractivity contribution in [2.45, 2.75) is 32.5 Å². The predicted octanol–water partition coefficient (Wildman–Crippen LogP) is 1.09. The van der Waals surface area contributed by atoms with Crippen LogP contribution in [0, 0.1) is 5.82 Å². The number of nitrogens with zero attached hydrogens (tertiary/aromatic N) is 4. The number of H-pyrrole nitrogens is 1. The van der Waals surface area contributed by atoms with Gasteiger partial charge in [-0.05, 0) is 36.6 Å². The molecule has 4 rings (SSSR count). The summed E-state index contributed by atoms with van der Waals surface area (Å²) >= 11 is 0. The Hall–Kier alpha value is -2.74. The number of hydrogen-bond donors (Lipinski definition) is 2. The Balaban J connectivity index is 1.64. The normalized spacial score (nSPS) is 18.0. The third-order valence-electron chi connectivity index (χ3n) is 4.45. The Kier molecular flexibility index (Phi) is 3.34. The number of hydrogen-bond acceptors (Lipinski definition) is 5. The van der Waals surface area contributed by atoms with Gasteiger partial charge in [0.25, 0.3) is 11.3 Å². The number of nitrogens with two attached hydrogens (primary N) is 1. The van der Waals surface area contributed by atoms with Crippen LogP contribution in [0.1, 0.15) is 23.7 Å². The molecule has 7 nitrogen and oxygen atoms in total. The molecule has 3 heterocycles. The van der Waals surface area contributed by atoms with E-state index >= 15 is 0 Å². The number of fused-ring (bicyclic) bond motifs is 2. The fourth-order valence-corrected chi connectivity index (χ4v) is 3.21. The minimum absolute atomic E-state index is 0.146. The standard InChI is InChI=1S/C16H17FN6O/c1-9-4-10-2-3-12(17)5-11(10)7-22(9)8-13-6-14(24)23-16(19-13)20-15(18)21-23/h2-3,5-6,9H,4,7-8H2,1H3,(H3,18,19,20,21). The topological polar surface area (TPSA) is 92.3 Å². The number of nitrogen functional groups attached to an aromatic ring is 1. The molecule has 0 bridgehead atoms. The molecule has 0 amide bonds. The summed E-state index contributed by atoms with van der Waals surface area (Å²) in [6.07, 6.45) is 0.839. The third-order valence-corrected chi connectivity index (χ3v) is 4.45. The first-order chi connectivity index (χ1) is 11.5. The molecule has 24 heavy (non-hydrogen) atoms. The second-order valence-electron chi connectivity index (χ2n) is 6.20. The summed E-state index contributed by atoms with van der Waals surface area (Å²) in [4.78, 5) is 22.7. The van der Waals surface area contributed by atoms with Crippen LogP contribution >= 0.6 is 0 Å². The van der Waals surface area contributed by atoms with E-state index in [1.165, 1.54) is 22.2 Å². The number of rotatable bonds is 2. The summed E-state index contributed by atoms with van der Waals surface area (Å²) in [7, 11) is 0. The largest absolute Gasteiger partial charge is 0.368 e. The summed E-state index contributed by atoms with van der Waals surface area (Å²) in [5, 5.41) is 2.64. The van der Waals surface area contributed by atoms with E-state index < -0.39 is 0 Å². The fraction of sp³-hybridized carbons (Fsp3) is 0.312. The van der Waals surface area contributed by atoms with Gasteiger partial charge in [0.15, 0.2) is 0 Å². The van der Waals surface area contributed by atoms with Crippen LogP contribution in [0.15, 0.2) is 29.1 Å². The Morgan fingerprint density at radius 1 is 1.33 bits per heavy atom. The Bertz CT molecular complexity index is 978. The van der Waals surface area contributed by atoms with Gasteiger partial charge in [-0.3, -0.25) is 14.8 Å². The van der Waals surface area contributed by atoms with Crippen molar-refractivity contribution in [1.82, 2.24) is 24.5 Å². The molecule has 0 saturated carbocycles. The number of aromatic amines is 1. The fourth-order valence-electron chi connectivity index (χ4n) is 3.21. The van der Waals surface area contributed by atoms with Crippen LogP contribution in [0.25, 0.3) is 5.78 Å². The van der Waals surface area contributed by atoms with Crippen molar-refractivity contribution in [1.29, 1.82) is 0 Å². The van der Waals surface area contributed by atoms with Crippen molar-refractivity contribution < 1.29 is 4.39 Å². The van der Waals surface area contributed by atoms with E-state index in [0.29, 0.717) is 18.8 Å². The highest BCUT2D eigenvalue weighted by atomic mass is 19.1. The van der Waals surface area contributed by atoms with Crippen LogP contribution in [0.4, 0.5) is 10.3 Å². The molecule has 124 valence electrons. The lowest BCUT2D eigenvalue weighted by Gasteiger charge is -2.34. The molecule has 1 atom stereocenters. The van der Waals surface area contributed by atoms with E-state index in [2.05, 4.69) is 26.9 Å². The van der Waals surface area contributed by atoms with Gasteiger partial charge in [0.1, 0.15) is 5.82 Å². The number of anilines is 1. The lowest BCUT2D eigenvalue weighted by molar-refractivity contribution is 0.173. The average Bonchev–Trinajstić information content (AvgIpc) is 2.89. The molecule has 0 spiro atoms. The molecule has 1 aliphatic heterocycles. The third kappa shape index (κ3) is 2.54. The van der Waals surface area contributed by atoms with Crippen LogP contribution < -0.4 is 11.3 Å². The molecular formula is C16H17FN6O. The zero-order valence-electron chi connectivity index (χ0n) is 13.2. The Morgan fingerprint density at radius 2 is 2.17 bits per heavy atom. The number of halogens is 1. The van der Waals surface area contributed by atoms with Crippen molar-refractivity contribution in [2.24, 2.45) is 0 Å². The van der Waals surface area contributed by atoms with Crippen LogP contribution in [-0.2, 0) is 19.5 Å². The van der Waals surface area contributed by atoms with Gasteiger partial charge in [0, 0.05) is 25.2 Å². The van der Waals surface area contributed by atoms with E-state index in [4.69, 9.17) is 5.73 Å². The van der Waals surface area contributed by atoms with Crippen LogP contribution in [0.3, 0.4) is 0 Å². The molecule has 3 aromatic rings. The maximum atomic E-state index is 13.5. The van der Waals surface area contributed by atoms with E-state index in [1.807, 2.05) is 6.07 Å². The summed E-state index contributed by atoms with van der Waals surface area (Å²) in [5.41, 5.74) is 8.09. The summed E-state index contributed by atoms with van der Waals surface area (Å²) in [6.45, 7) is 3.23. The van der Waals surface area contributed by atoms with Crippen LogP contribution in [0.2, 0.25) is 0 Å². The Labute approximate surface area is 136 Å². The van der Waals surface area contributed by atoms with Crippen molar-refractivity contribution in [2.75, 3.05) is 5.73 Å². The van der Waals surface area contributed by atoms with Crippen molar-refractivity contribution >= 4 is 11.7 Å². The smallest absolute Gasteiger partial charge is 0.274 e. The molecule has 2 aromatic heterocycles. The quantitative estimate of drug-likeness (QED) is 0.734. The van der Waals surface area contributed by atoms with Crippen molar-refractivity contribution in [3.8, 4) is 0 Å². The summed E-state index contributed by atoms with van der Waals surface area (Å²) in [5.74, 6) is 0.173. The van der Waals surface area contributed by atoms with Gasteiger partial charge in [0.05, 0.1) is 5.69 Å². The minimum atomic E-state index is -0.254. The molecule has 0 fully saturated rings. The molecule has 1 aliphatic rings. The zero-order chi connectivity index (χ0) is 16.8. The predicted molar refractivity (Wildman–Crippen MR) is 86.8 cm³/mol. The Morgan fingerprint density at radius 3 is 3.00 bits per heavy atom. The molecule has 1 aromatic carbocycles. The van der Waals surface area contributed by atoms with Gasteiger partial charge in [-0.2, -0.15) is 9.50 Å². The first kappa shape index (κ1) is 14.8. The highest BCUT2D eigenvalue weighted by Crippen LogP contribution is 2.25. The molecule has 0 saturated heterocycles. The second-order valence-corrected chi connectivity index (χ2v) is 6.20. The summed E-state index contributed by atoms with van der Waals surface area (Å²) < 4.78 is 14.7. The van der Waals surface area contributed by atoms with Gasteiger partial charge in [0.2, 0.25) is 5.95 Å². The highest BCUT2D eigenvalue weighted by Gasteiger charge is 2.24. The number of nitrogens with one attached hydrogen (secondary N) is 1. The maximum absolute atomic E-state index is 13.5. The van der Waals surface area contributed by atoms with E-state index in [1.54, 1.807) is 6.07 Å². The number of benzene rings is 1. The molecule has 0 radical (unpaired) electrons. The van der Waals surface area contributed by atoms with Gasteiger partial charge < -0.3 is 5.73 Å². The lowest BCUT2D eigenvalue weighted by atomic mass is 9.94. The van der Waals surface area contributed by atoms with Crippen molar-refractivity contribution in [3.63, 3.8) is 0 Å². The first-order valence-corrected chi connectivity index (χ1v) is 7.75. The monoisotopic (exact) mass is 328 g/mol.